The number of hydrogen-bond donors (Lipinski definition) is 1. The van der Waals surface area contributed by atoms with E-state index in [-0.39, 0.29) is 29.5 Å². The van der Waals surface area contributed by atoms with Gasteiger partial charge in [-0.1, -0.05) is 11.8 Å². The molecule has 144 valence electrons. The summed E-state index contributed by atoms with van der Waals surface area (Å²) in [4.78, 5) is 23.4. The molecular weight excluding hydrogens is 354 g/mol. The van der Waals surface area contributed by atoms with Gasteiger partial charge in [-0.15, -0.1) is 0 Å². The zero-order chi connectivity index (χ0) is 19.4. The molecule has 1 heterocycles. The van der Waals surface area contributed by atoms with Gasteiger partial charge in [0.1, 0.15) is 5.75 Å². The Morgan fingerprint density at radius 2 is 1.38 bits per heavy atom. The number of carbonyl (C=O) groups is 2. The van der Waals surface area contributed by atoms with Crippen LogP contribution in [0.3, 0.4) is 0 Å². The molecule has 0 spiro atoms. The quantitative estimate of drug-likeness (QED) is 0.735. The molecule has 1 atom stereocenters. The lowest BCUT2D eigenvalue weighted by atomic mass is 10.1. The lowest BCUT2D eigenvalue weighted by Gasteiger charge is -2.22. The number of imide groups is 1. The van der Waals surface area contributed by atoms with Crippen molar-refractivity contribution in [3.63, 3.8) is 0 Å². The summed E-state index contributed by atoms with van der Waals surface area (Å²) >= 11 is 1.00. The first-order valence-electron chi connectivity index (χ1n) is 8.84. The highest BCUT2D eigenvalue weighted by atomic mass is 32.2. The molecule has 1 N–H and O–H groups in total. The van der Waals surface area contributed by atoms with Crippen LogP contribution in [0.4, 0.5) is 4.79 Å². The molecular formula is C19H27NO5S. The smallest absolute Gasteiger partial charge is 0.286 e. The zero-order valence-corrected chi connectivity index (χ0v) is 16.9. The van der Waals surface area contributed by atoms with Gasteiger partial charge in [-0.2, -0.15) is 0 Å². The molecule has 26 heavy (non-hydrogen) atoms. The van der Waals surface area contributed by atoms with Gasteiger partial charge in [-0.05, 0) is 59.6 Å². The maximum absolute atomic E-state index is 11.9. The standard InChI is InChI=1S/C19H27NO5S/c1-10(2)23-14-9-16(25-12(5)6)15(24-11(3)4)7-13(14)8-17-18(21)20-19(22)26-17/h7,9-12,17H,8H2,1-6H3,(H,20,21,22). The molecule has 1 saturated heterocycles. The fourth-order valence-corrected chi connectivity index (χ4v) is 3.37. The molecule has 1 aromatic rings. The Kier molecular flexibility index (Phi) is 6.81. The van der Waals surface area contributed by atoms with Crippen molar-refractivity contribution < 1.29 is 23.8 Å². The Hall–Kier alpha value is -1.89. The molecule has 1 fully saturated rings. The van der Waals surface area contributed by atoms with Crippen molar-refractivity contribution in [1.82, 2.24) is 5.32 Å². The van der Waals surface area contributed by atoms with E-state index in [4.69, 9.17) is 14.2 Å². The van der Waals surface area contributed by atoms with Crippen LogP contribution in [0, 0.1) is 0 Å². The first-order chi connectivity index (χ1) is 12.2. The third kappa shape index (κ3) is 5.56. The topological polar surface area (TPSA) is 73.9 Å². The molecule has 6 nitrogen and oxygen atoms in total. The molecule has 1 aromatic carbocycles. The van der Waals surface area contributed by atoms with Crippen LogP contribution in [0.15, 0.2) is 12.1 Å². The second-order valence-corrected chi connectivity index (χ2v) is 8.17. The van der Waals surface area contributed by atoms with Gasteiger partial charge >= 0.3 is 0 Å². The number of benzene rings is 1. The summed E-state index contributed by atoms with van der Waals surface area (Å²) in [6.07, 6.45) is 0.293. The second-order valence-electron chi connectivity index (χ2n) is 6.99. The summed E-state index contributed by atoms with van der Waals surface area (Å²) in [5.41, 5.74) is 0.813. The van der Waals surface area contributed by atoms with Crippen molar-refractivity contribution >= 4 is 22.9 Å². The average Bonchev–Trinajstić information content (AvgIpc) is 2.79. The van der Waals surface area contributed by atoms with Gasteiger partial charge in [-0.3, -0.25) is 14.9 Å². The van der Waals surface area contributed by atoms with Crippen LogP contribution >= 0.6 is 11.8 Å². The minimum atomic E-state index is -0.472. The molecule has 1 unspecified atom stereocenters. The van der Waals surface area contributed by atoms with E-state index in [2.05, 4.69) is 5.32 Å². The molecule has 0 bridgehead atoms. The van der Waals surface area contributed by atoms with Crippen LogP contribution in [0.2, 0.25) is 0 Å². The molecule has 0 radical (unpaired) electrons. The Morgan fingerprint density at radius 1 is 0.885 bits per heavy atom. The monoisotopic (exact) mass is 381 g/mol. The van der Waals surface area contributed by atoms with Crippen LogP contribution in [0.1, 0.15) is 47.1 Å². The lowest BCUT2D eigenvalue weighted by Crippen LogP contribution is -2.25. The number of ether oxygens (including phenoxy) is 3. The van der Waals surface area contributed by atoms with Crippen LogP contribution in [-0.2, 0) is 11.2 Å². The molecule has 7 heteroatoms. The molecule has 2 rings (SSSR count). The highest BCUT2D eigenvalue weighted by molar-refractivity contribution is 8.15. The largest absolute Gasteiger partial charge is 0.491 e. The highest BCUT2D eigenvalue weighted by Crippen LogP contribution is 2.38. The van der Waals surface area contributed by atoms with Crippen molar-refractivity contribution in [2.24, 2.45) is 0 Å². The van der Waals surface area contributed by atoms with Crippen LogP contribution < -0.4 is 19.5 Å². The Bertz CT molecular complexity index is 672. The number of rotatable bonds is 8. The highest BCUT2D eigenvalue weighted by Gasteiger charge is 2.33. The molecule has 0 aromatic heterocycles. The van der Waals surface area contributed by atoms with Crippen molar-refractivity contribution in [3.8, 4) is 17.2 Å². The van der Waals surface area contributed by atoms with Crippen molar-refractivity contribution in [3.05, 3.63) is 17.7 Å². The molecule has 0 aliphatic carbocycles. The van der Waals surface area contributed by atoms with Crippen molar-refractivity contribution in [1.29, 1.82) is 0 Å². The Balaban J connectivity index is 2.41. The SMILES string of the molecule is CC(C)Oc1cc(OC(C)C)c(OC(C)C)cc1CC1SC(=O)NC1=O. The Labute approximate surface area is 159 Å². The summed E-state index contributed by atoms with van der Waals surface area (Å²) in [5, 5.41) is 1.53. The third-order valence-corrected chi connectivity index (χ3v) is 4.37. The normalized spacial score (nSPS) is 17.2. The van der Waals surface area contributed by atoms with E-state index in [1.165, 1.54) is 0 Å². The third-order valence-electron chi connectivity index (χ3n) is 3.39. The minimum absolute atomic E-state index is 0.0175. The van der Waals surface area contributed by atoms with E-state index in [1.54, 1.807) is 0 Å². The van der Waals surface area contributed by atoms with E-state index < -0.39 is 5.25 Å². The van der Waals surface area contributed by atoms with Gasteiger partial charge < -0.3 is 14.2 Å². The minimum Gasteiger partial charge on any atom is -0.491 e. The zero-order valence-electron chi connectivity index (χ0n) is 16.1. The fourth-order valence-electron chi connectivity index (χ4n) is 2.53. The van der Waals surface area contributed by atoms with E-state index in [1.807, 2.05) is 53.7 Å². The molecule has 2 amide bonds. The first kappa shape index (κ1) is 20.4. The summed E-state index contributed by atoms with van der Waals surface area (Å²) < 4.78 is 17.7. The number of hydrogen-bond acceptors (Lipinski definition) is 6. The van der Waals surface area contributed by atoms with Gasteiger partial charge in [0.25, 0.3) is 5.24 Å². The molecule has 1 aliphatic rings. The van der Waals surface area contributed by atoms with E-state index in [0.29, 0.717) is 23.7 Å². The van der Waals surface area contributed by atoms with Gasteiger partial charge in [0.05, 0.1) is 23.6 Å². The van der Waals surface area contributed by atoms with Gasteiger partial charge in [0.2, 0.25) is 5.91 Å². The summed E-state index contributed by atoms with van der Waals surface area (Å²) in [5.74, 6) is 1.58. The fraction of sp³-hybridized carbons (Fsp3) is 0.579. The predicted octanol–water partition coefficient (Wildman–Crippen LogP) is 3.94. The van der Waals surface area contributed by atoms with Gasteiger partial charge in [-0.25, -0.2) is 0 Å². The number of amides is 2. The van der Waals surface area contributed by atoms with Crippen molar-refractivity contribution in [2.75, 3.05) is 0 Å². The van der Waals surface area contributed by atoms with Crippen LogP contribution in [-0.4, -0.2) is 34.7 Å². The molecule has 0 saturated carbocycles. The lowest BCUT2D eigenvalue weighted by molar-refractivity contribution is -0.118. The van der Waals surface area contributed by atoms with E-state index in [0.717, 1.165) is 17.3 Å². The van der Waals surface area contributed by atoms with Crippen LogP contribution in [0.25, 0.3) is 0 Å². The number of carbonyl (C=O) groups excluding carboxylic acids is 2. The number of nitrogens with one attached hydrogen (secondary N) is 1. The van der Waals surface area contributed by atoms with E-state index >= 15 is 0 Å². The van der Waals surface area contributed by atoms with E-state index in [9.17, 15) is 9.59 Å². The second kappa shape index (κ2) is 8.66. The molecule has 1 aliphatic heterocycles. The first-order valence-corrected chi connectivity index (χ1v) is 9.72. The predicted molar refractivity (Wildman–Crippen MR) is 102 cm³/mol. The summed E-state index contributed by atoms with van der Waals surface area (Å²) in [6, 6.07) is 3.67. The van der Waals surface area contributed by atoms with Crippen molar-refractivity contribution in [2.45, 2.75) is 71.5 Å². The summed E-state index contributed by atoms with van der Waals surface area (Å²) in [7, 11) is 0. The number of thioether (sulfide) groups is 1. The van der Waals surface area contributed by atoms with Crippen LogP contribution in [0.5, 0.6) is 17.2 Å². The van der Waals surface area contributed by atoms with Gasteiger partial charge in [0, 0.05) is 6.07 Å². The maximum atomic E-state index is 11.9. The maximum Gasteiger partial charge on any atom is 0.286 e. The average molecular weight is 381 g/mol. The van der Waals surface area contributed by atoms with Gasteiger partial charge in [0.15, 0.2) is 11.5 Å². The summed E-state index contributed by atoms with van der Waals surface area (Å²) in [6.45, 7) is 11.6. The Morgan fingerprint density at radius 3 is 1.85 bits per heavy atom.